The normalized spacial score (nSPS) is 10.4. The number of aromatic nitrogens is 3. The molecule has 2 aromatic rings. The van der Waals surface area contributed by atoms with Crippen molar-refractivity contribution in [3.05, 3.63) is 42.2 Å². The van der Waals surface area contributed by atoms with Crippen molar-refractivity contribution in [2.75, 3.05) is 6.61 Å². The third-order valence-electron chi connectivity index (χ3n) is 2.26. The van der Waals surface area contributed by atoms with Gasteiger partial charge in [0.15, 0.2) is 0 Å². The summed E-state index contributed by atoms with van der Waals surface area (Å²) < 4.78 is 7.25. The van der Waals surface area contributed by atoms with Gasteiger partial charge in [-0.3, -0.25) is 4.68 Å². The van der Waals surface area contributed by atoms with E-state index >= 15 is 0 Å². The maximum Gasteiger partial charge on any atom is 0.134 e. The maximum absolute atomic E-state index is 8.70. The first-order valence-electron chi connectivity index (χ1n) is 5.56. The van der Waals surface area contributed by atoms with Crippen LogP contribution in [0.1, 0.15) is 12.1 Å². The number of ether oxygens (including phenoxy) is 1. The van der Waals surface area contributed by atoms with Gasteiger partial charge in [0.2, 0.25) is 0 Å². The summed E-state index contributed by atoms with van der Waals surface area (Å²) in [5.74, 6) is 0.817. The van der Waals surface area contributed by atoms with Gasteiger partial charge in [0.05, 0.1) is 6.20 Å². The lowest BCUT2D eigenvalue weighted by molar-refractivity contribution is 0.276. The fourth-order valence-corrected chi connectivity index (χ4v) is 1.42. The number of aryl methyl sites for hydroxylation is 1. The van der Waals surface area contributed by atoms with Gasteiger partial charge in [-0.05, 0) is 18.6 Å². The molecule has 0 aliphatic rings. The zero-order chi connectivity index (χ0) is 11.9. The molecule has 90 valence electrons. The largest absolute Gasteiger partial charge is 0.487 e. The summed E-state index contributed by atoms with van der Waals surface area (Å²) in [6, 6.07) is 9.59. The monoisotopic (exact) mass is 233 g/mol. The highest BCUT2D eigenvalue weighted by Gasteiger charge is 2.01. The Morgan fingerprint density at radius 1 is 1.24 bits per heavy atom. The number of hydrogen-bond donors (Lipinski definition) is 1. The molecule has 0 saturated heterocycles. The van der Waals surface area contributed by atoms with E-state index in [1.807, 2.05) is 36.5 Å². The fourth-order valence-electron chi connectivity index (χ4n) is 1.42. The highest BCUT2D eigenvalue weighted by atomic mass is 16.5. The highest BCUT2D eigenvalue weighted by Crippen LogP contribution is 2.10. The molecular formula is C12H15N3O2. The summed E-state index contributed by atoms with van der Waals surface area (Å²) in [5.41, 5.74) is 0.784. The first kappa shape index (κ1) is 11.6. The molecule has 5 nitrogen and oxygen atoms in total. The lowest BCUT2D eigenvalue weighted by Gasteiger charge is -2.02. The molecule has 0 aliphatic heterocycles. The van der Waals surface area contributed by atoms with Gasteiger partial charge in [0.1, 0.15) is 18.1 Å². The van der Waals surface area contributed by atoms with Crippen LogP contribution in [-0.4, -0.2) is 26.7 Å². The Kier molecular flexibility index (Phi) is 4.10. The van der Waals surface area contributed by atoms with Crippen molar-refractivity contribution >= 4 is 0 Å². The van der Waals surface area contributed by atoms with Gasteiger partial charge in [-0.25, -0.2) is 0 Å². The van der Waals surface area contributed by atoms with E-state index in [0.717, 1.165) is 11.4 Å². The molecule has 1 aromatic carbocycles. The second-order valence-electron chi connectivity index (χ2n) is 3.65. The first-order valence-corrected chi connectivity index (χ1v) is 5.56. The van der Waals surface area contributed by atoms with Crippen LogP contribution in [0.15, 0.2) is 36.5 Å². The highest BCUT2D eigenvalue weighted by molar-refractivity contribution is 5.21. The third-order valence-corrected chi connectivity index (χ3v) is 2.26. The molecule has 17 heavy (non-hydrogen) atoms. The Morgan fingerprint density at radius 3 is 2.82 bits per heavy atom. The van der Waals surface area contributed by atoms with Crippen molar-refractivity contribution in [3.8, 4) is 5.75 Å². The first-order chi connectivity index (χ1) is 8.38. The van der Waals surface area contributed by atoms with Gasteiger partial charge in [-0.15, -0.1) is 5.10 Å². The van der Waals surface area contributed by atoms with E-state index < -0.39 is 0 Å². The van der Waals surface area contributed by atoms with Crippen LogP contribution < -0.4 is 4.74 Å². The zero-order valence-corrected chi connectivity index (χ0v) is 9.49. The van der Waals surface area contributed by atoms with E-state index in [4.69, 9.17) is 9.84 Å². The average Bonchev–Trinajstić information content (AvgIpc) is 2.83. The van der Waals surface area contributed by atoms with Gasteiger partial charge in [-0.2, -0.15) is 0 Å². The Bertz CT molecular complexity index is 442. The molecule has 1 aromatic heterocycles. The number of rotatable bonds is 6. The van der Waals surface area contributed by atoms with Crippen molar-refractivity contribution in [3.63, 3.8) is 0 Å². The minimum Gasteiger partial charge on any atom is -0.487 e. The molecule has 2 rings (SSSR count). The summed E-state index contributed by atoms with van der Waals surface area (Å²) in [5, 5.41) is 16.6. The van der Waals surface area contributed by atoms with Crippen LogP contribution in [0.2, 0.25) is 0 Å². The van der Waals surface area contributed by atoms with Crippen LogP contribution in [0.4, 0.5) is 0 Å². The molecular weight excluding hydrogens is 218 g/mol. The van der Waals surface area contributed by atoms with E-state index in [9.17, 15) is 0 Å². The molecule has 0 spiro atoms. The SMILES string of the molecule is OCCCn1cc(COc2ccccc2)nn1. The molecule has 1 N–H and O–H groups in total. The summed E-state index contributed by atoms with van der Waals surface area (Å²) in [4.78, 5) is 0. The van der Waals surface area contributed by atoms with Crippen LogP contribution in [0.25, 0.3) is 0 Å². The number of aliphatic hydroxyl groups is 1. The van der Waals surface area contributed by atoms with Gasteiger partial charge in [0.25, 0.3) is 0 Å². The standard InChI is InChI=1S/C12H15N3O2/c16-8-4-7-15-9-11(13-14-15)10-17-12-5-2-1-3-6-12/h1-3,5-6,9,16H,4,7-8,10H2. The van der Waals surface area contributed by atoms with Gasteiger partial charge in [-0.1, -0.05) is 23.4 Å². The predicted octanol–water partition coefficient (Wildman–Crippen LogP) is 1.24. The summed E-state index contributed by atoms with van der Waals surface area (Å²) >= 11 is 0. The molecule has 0 saturated carbocycles. The number of nitrogens with zero attached hydrogens (tertiary/aromatic N) is 3. The van der Waals surface area contributed by atoms with E-state index in [0.29, 0.717) is 19.6 Å². The van der Waals surface area contributed by atoms with E-state index in [2.05, 4.69) is 10.3 Å². The smallest absolute Gasteiger partial charge is 0.134 e. The summed E-state index contributed by atoms with van der Waals surface area (Å²) in [7, 11) is 0. The van der Waals surface area contributed by atoms with Crippen molar-refractivity contribution in [2.24, 2.45) is 0 Å². The average molecular weight is 233 g/mol. The molecule has 5 heteroatoms. The fraction of sp³-hybridized carbons (Fsp3) is 0.333. The summed E-state index contributed by atoms with van der Waals surface area (Å²) in [6.45, 7) is 1.24. The van der Waals surface area contributed by atoms with E-state index in [1.165, 1.54) is 0 Å². The van der Waals surface area contributed by atoms with Gasteiger partial charge < -0.3 is 9.84 Å². The lowest BCUT2D eigenvalue weighted by Crippen LogP contribution is -2.00. The number of hydrogen-bond acceptors (Lipinski definition) is 4. The molecule has 0 atom stereocenters. The predicted molar refractivity (Wildman–Crippen MR) is 62.5 cm³/mol. The van der Waals surface area contributed by atoms with Crippen LogP contribution >= 0.6 is 0 Å². The van der Waals surface area contributed by atoms with Crippen molar-refractivity contribution in [2.45, 2.75) is 19.6 Å². The Labute approximate surface area is 99.7 Å². The van der Waals surface area contributed by atoms with Crippen molar-refractivity contribution < 1.29 is 9.84 Å². The summed E-state index contributed by atoms with van der Waals surface area (Å²) in [6.07, 6.45) is 2.51. The maximum atomic E-state index is 8.70. The van der Waals surface area contributed by atoms with Crippen LogP contribution in [0.5, 0.6) is 5.75 Å². The number of para-hydroxylation sites is 1. The van der Waals surface area contributed by atoms with Gasteiger partial charge in [0, 0.05) is 13.2 Å². The second-order valence-corrected chi connectivity index (χ2v) is 3.65. The second kappa shape index (κ2) is 6.00. The Hall–Kier alpha value is -1.88. The third kappa shape index (κ3) is 3.57. The lowest BCUT2D eigenvalue weighted by atomic mass is 10.3. The molecule has 0 fully saturated rings. The molecule has 0 unspecified atom stereocenters. The Balaban J connectivity index is 1.85. The van der Waals surface area contributed by atoms with Gasteiger partial charge >= 0.3 is 0 Å². The number of aliphatic hydroxyl groups excluding tert-OH is 1. The minimum atomic E-state index is 0.162. The van der Waals surface area contributed by atoms with Crippen molar-refractivity contribution in [1.29, 1.82) is 0 Å². The molecule has 0 amide bonds. The Morgan fingerprint density at radius 2 is 2.06 bits per heavy atom. The minimum absolute atomic E-state index is 0.162. The zero-order valence-electron chi connectivity index (χ0n) is 9.49. The molecule has 0 radical (unpaired) electrons. The van der Waals surface area contributed by atoms with Crippen LogP contribution in [0, 0.1) is 0 Å². The molecule has 0 aliphatic carbocycles. The van der Waals surface area contributed by atoms with Crippen LogP contribution in [-0.2, 0) is 13.2 Å². The van der Waals surface area contributed by atoms with E-state index in [-0.39, 0.29) is 6.61 Å². The van der Waals surface area contributed by atoms with Crippen LogP contribution in [0.3, 0.4) is 0 Å². The molecule has 0 bridgehead atoms. The topological polar surface area (TPSA) is 60.2 Å². The quantitative estimate of drug-likeness (QED) is 0.815. The number of benzene rings is 1. The molecule has 1 heterocycles. The van der Waals surface area contributed by atoms with E-state index in [1.54, 1.807) is 4.68 Å². The van der Waals surface area contributed by atoms with Crippen molar-refractivity contribution in [1.82, 2.24) is 15.0 Å².